The average Bonchev–Trinajstić information content (AvgIpc) is 3.53. The first-order valence-electron chi connectivity index (χ1n) is 39.7. The second-order valence-corrected chi connectivity index (χ2v) is 27.4. The van der Waals surface area contributed by atoms with Crippen LogP contribution in [-0.4, -0.2) is 47.4 Å². The number of aliphatic hydroxyl groups excluding tert-OH is 2. The SMILES string of the molecule is CCCCCCCC/C=C\CCCCCCCCCCCC(=O)OCCCCCCCCCCCCC/C=C\C/C=C\CCCCCCCCCCCCCCCCCCCC(=O)NC(CO)C(O)CCCCCCCCCCCCCCCCCC. The van der Waals surface area contributed by atoms with E-state index in [1.807, 2.05) is 0 Å². The van der Waals surface area contributed by atoms with Gasteiger partial charge in [-0.05, 0) is 83.5 Å². The minimum atomic E-state index is -0.663. The highest BCUT2D eigenvalue weighted by Gasteiger charge is 2.20. The molecule has 0 heterocycles. The van der Waals surface area contributed by atoms with Gasteiger partial charge in [-0.2, -0.15) is 0 Å². The van der Waals surface area contributed by atoms with E-state index in [-0.39, 0.29) is 18.5 Å². The van der Waals surface area contributed by atoms with Crippen molar-refractivity contribution in [2.75, 3.05) is 13.2 Å². The molecule has 3 N–H and O–H groups in total. The van der Waals surface area contributed by atoms with Gasteiger partial charge < -0.3 is 20.3 Å². The Bertz CT molecular complexity index is 1410. The van der Waals surface area contributed by atoms with Crippen LogP contribution in [0, 0.1) is 0 Å². The number of carbonyl (C=O) groups is 2. The van der Waals surface area contributed by atoms with Crippen molar-refractivity contribution in [1.29, 1.82) is 0 Å². The van der Waals surface area contributed by atoms with Crippen molar-refractivity contribution in [1.82, 2.24) is 5.32 Å². The van der Waals surface area contributed by atoms with Crippen LogP contribution in [-0.2, 0) is 14.3 Å². The van der Waals surface area contributed by atoms with Gasteiger partial charge >= 0.3 is 5.97 Å². The first-order valence-corrected chi connectivity index (χ1v) is 39.7. The summed E-state index contributed by atoms with van der Waals surface area (Å²) in [5, 5.41) is 23.4. The maximum absolute atomic E-state index is 12.5. The molecule has 1 amide bonds. The van der Waals surface area contributed by atoms with Gasteiger partial charge in [-0.3, -0.25) is 9.59 Å². The Kier molecular flexibility index (Phi) is 74.8. The molecule has 0 radical (unpaired) electrons. The fourth-order valence-electron chi connectivity index (χ4n) is 12.6. The van der Waals surface area contributed by atoms with Crippen molar-refractivity contribution >= 4 is 11.9 Å². The van der Waals surface area contributed by atoms with Gasteiger partial charge in [0, 0.05) is 12.8 Å². The maximum atomic E-state index is 12.5. The van der Waals surface area contributed by atoms with E-state index in [9.17, 15) is 19.8 Å². The normalized spacial score (nSPS) is 12.6. The van der Waals surface area contributed by atoms with Crippen molar-refractivity contribution in [2.45, 2.75) is 456 Å². The summed E-state index contributed by atoms with van der Waals surface area (Å²) in [5.74, 6) is -0.0120. The maximum Gasteiger partial charge on any atom is 0.305 e. The molecule has 0 aromatic rings. The Morgan fingerprint density at radius 3 is 0.885 bits per heavy atom. The molecule has 87 heavy (non-hydrogen) atoms. The molecule has 0 rings (SSSR count). The molecule has 0 aliphatic carbocycles. The Labute approximate surface area is 544 Å². The van der Waals surface area contributed by atoms with Gasteiger partial charge in [0.1, 0.15) is 0 Å². The van der Waals surface area contributed by atoms with Crippen molar-refractivity contribution in [2.24, 2.45) is 0 Å². The highest BCUT2D eigenvalue weighted by Crippen LogP contribution is 2.20. The number of carbonyl (C=O) groups excluding carboxylic acids is 2. The molecule has 0 saturated heterocycles. The summed E-state index contributed by atoms with van der Waals surface area (Å²) < 4.78 is 5.51. The predicted octanol–water partition coefficient (Wildman–Crippen LogP) is 26.2. The number of ether oxygens (including phenoxy) is 1. The van der Waals surface area contributed by atoms with Gasteiger partial charge in [0.05, 0.1) is 25.4 Å². The van der Waals surface area contributed by atoms with E-state index >= 15 is 0 Å². The lowest BCUT2D eigenvalue weighted by Gasteiger charge is -2.22. The number of hydrogen-bond donors (Lipinski definition) is 3. The number of rotatable bonds is 75. The van der Waals surface area contributed by atoms with Crippen molar-refractivity contribution < 1.29 is 24.5 Å². The third-order valence-corrected chi connectivity index (χ3v) is 18.7. The summed E-state index contributed by atoms with van der Waals surface area (Å²) in [5.41, 5.74) is 0. The molecule has 0 aliphatic rings. The molecule has 0 saturated carbocycles. The standard InChI is InChI=1S/C81H155NO5/c1-3-5-7-9-11-13-15-17-19-21-39-43-47-51-55-59-63-67-71-75-81(86)87-76-72-68-64-60-56-52-48-44-41-38-36-34-32-30-28-26-24-22-23-25-27-29-31-33-35-37-40-42-46-50-54-58-62-66-70-74-80(85)82-78(77-83)79(84)73-69-65-61-57-53-49-45-20-18-16-14-12-10-8-6-4-2/h17,19,24,26,30,32,78-79,83-84H,3-16,18,20-23,25,27-29,31,33-77H2,1-2H3,(H,82,85)/b19-17-,26-24-,32-30-. The summed E-state index contributed by atoms with van der Waals surface area (Å²) in [6.07, 6.45) is 99.5. The molecule has 2 unspecified atom stereocenters. The second-order valence-electron chi connectivity index (χ2n) is 27.4. The van der Waals surface area contributed by atoms with Crippen molar-refractivity contribution in [3.05, 3.63) is 36.5 Å². The van der Waals surface area contributed by atoms with Crippen LogP contribution in [0.25, 0.3) is 0 Å². The number of hydrogen-bond acceptors (Lipinski definition) is 5. The third-order valence-electron chi connectivity index (χ3n) is 18.7. The van der Waals surface area contributed by atoms with Crippen LogP contribution in [0.4, 0.5) is 0 Å². The van der Waals surface area contributed by atoms with Crippen LogP contribution < -0.4 is 5.32 Å². The minimum Gasteiger partial charge on any atom is -0.466 e. The van der Waals surface area contributed by atoms with Crippen LogP contribution in [0.2, 0.25) is 0 Å². The van der Waals surface area contributed by atoms with Gasteiger partial charge in [-0.1, -0.05) is 384 Å². The van der Waals surface area contributed by atoms with Gasteiger partial charge in [0.15, 0.2) is 0 Å². The van der Waals surface area contributed by atoms with E-state index in [4.69, 9.17) is 4.74 Å². The molecule has 0 aliphatic heterocycles. The highest BCUT2D eigenvalue weighted by atomic mass is 16.5. The minimum absolute atomic E-state index is 0.0171. The first-order chi connectivity index (χ1) is 43.0. The van der Waals surface area contributed by atoms with Crippen LogP contribution >= 0.6 is 0 Å². The van der Waals surface area contributed by atoms with Gasteiger partial charge in [0.25, 0.3) is 0 Å². The summed E-state index contributed by atoms with van der Waals surface area (Å²) in [7, 11) is 0. The van der Waals surface area contributed by atoms with Crippen molar-refractivity contribution in [3.8, 4) is 0 Å². The lowest BCUT2D eigenvalue weighted by atomic mass is 10.0. The molecule has 2 atom stereocenters. The molecule has 0 fully saturated rings. The van der Waals surface area contributed by atoms with E-state index in [1.165, 1.54) is 366 Å². The van der Waals surface area contributed by atoms with Gasteiger partial charge in [0.2, 0.25) is 5.91 Å². The zero-order valence-electron chi connectivity index (χ0n) is 59.0. The Morgan fingerprint density at radius 2 is 0.575 bits per heavy atom. The predicted molar refractivity (Wildman–Crippen MR) is 384 cm³/mol. The lowest BCUT2D eigenvalue weighted by molar-refractivity contribution is -0.143. The topological polar surface area (TPSA) is 95.9 Å². The molecular weight excluding hydrogens is 1070 g/mol. The molecule has 0 aromatic heterocycles. The molecule has 0 aromatic carbocycles. The highest BCUT2D eigenvalue weighted by molar-refractivity contribution is 5.76. The number of nitrogens with one attached hydrogen (secondary N) is 1. The second kappa shape index (κ2) is 76.5. The number of amides is 1. The van der Waals surface area contributed by atoms with Crippen LogP contribution in [0.3, 0.4) is 0 Å². The summed E-state index contributed by atoms with van der Waals surface area (Å²) in [6.45, 7) is 4.99. The monoisotopic (exact) mass is 1220 g/mol. The molecular formula is C81H155NO5. The Hall–Kier alpha value is -1.92. The molecule has 6 nitrogen and oxygen atoms in total. The smallest absolute Gasteiger partial charge is 0.305 e. The van der Waals surface area contributed by atoms with Crippen molar-refractivity contribution in [3.63, 3.8) is 0 Å². The average molecular weight is 1220 g/mol. The van der Waals surface area contributed by atoms with Crippen LogP contribution in [0.15, 0.2) is 36.5 Å². The molecule has 0 bridgehead atoms. The van der Waals surface area contributed by atoms with E-state index in [0.717, 1.165) is 44.9 Å². The van der Waals surface area contributed by atoms with Gasteiger partial charge in [-0.15, -0.1) is 0 Å². The van der Waals surface area contributed by atoms with E-state index in [0.29, 0.717) is 25.9 Å². The molecule has 514 valence electrons. The van der Waals surface area contributed by atoms with Crippen LogP contribution in [0.5, 0.6) is 0 Å². The Morgan fingerprint density at radius 1 is 0.322 bits per heavy atom. The summed E-state index contributed by atoms with van der Waals surface area (Å²) >= 11 is 0. The summed E-state index contributed by atoms with van der Waals surface area (Å²) in [4.78, 5) is 24.7. The molecule has 6 heteroatoms. The lowest BCUT2D eigenvalue weighted by Crippen LogP contribution is -2.45. The van der Waals surface area contributed by atoms with Gasteiger partial charge in [-0.25, -0.2) is 0 Å². The quantitative estimate of drug-likeness (QED) is 0.0320. The van der Waals surface area contributed by atoms with E-state index in [2.05, 4.69) is 55.6 Å². The number of unbranched alkanes of at least 4 members (excludes halogenated alkanes) is 58. The molecule has 0 spiro atoms. The Balaban J connectivity index is 3.35. The fourth-order valence-corrected chi connectivity index (χ4v) is 12.6. The van der Waals surface area contributed by atoms with E-state index < -0.39 is 12.1 Å². The zero-order valence-corrected chi connectivity index (χ0v) is 59.0. The summed E-state index contributed by atoms with van der Waals surface area (Å²) in [6, 6.07) is -0.540. The fraction of sp³-hybridized carbons (Fsp3) is 0.901. The largest absolute Gasteiger partial charge is 0.466 e. The zero-order chi connectivity index (χ0) is 62.8. The van der Waals surface area contributed by atoms with Crippen LogP contribution in [0.1, 0.15) is 444 Å². The first kappa shape index (κ1) is 85.1. The third kappa shape index (κ3) is 73.0. The number of esters is 1. The van der Waals surface area contributed by atoms with E-state index in [1.54, 1.807) is 0 Å². The number of allylic oxidation sites excluding steroid dienone is 6. The number of aliphatic hydroxyl groups is 2.